The molecule has 9 nitrogen and oxygen atoms in total. The molecule has 0 amide bonds. The van der Waals surface area contributed by atoms with Crippen LogP contribution in [0.15, 0.2) is 42.7 Å². The van der Waals surface area contributed by atoms with Gasteiger partial charge < -0.3 is 15.7 Å². The number of benzene rings is 1. The molecule has 0 spiro atoms. The minimum Gasteiger partial charge on any atom is -0.389 e. The maximum Gasteiger partial charge on any atom is 0.163 e. The Hall–Kier alpha value is -3.74. The lowest BCUT2D eigenvalue weighted by molar-refractivity contribution is 0.198. The van der Waals surface area contributed by atoms with E-state index < -0.39 is 6.10 Å². The van der Waals surface area contributed by atoms with Gasteiger partial charge in [0.2, 0.25) is 0 Å². The lowest BCUT2D eigenvalue weighted by Crippen LogP contribution is -2.36. The average molecular weight is 429 g/mol. The average Bonchev–Trinajstić information content (AvgIpc) is 3.50. The Labute approximate surface area is 185 Å². The van der Waals surface area contributed by atoms with E-state index in [1.807, 2.05) is 29.7 Å². The molecule has 1 fully saturated rings. The molecule has 3 N–H and O–H groups in total. The maximum atomic E-state index is 10.3. The summed E-state index contributed by atoms with van der Waals surface area (Å²) in [5.74, 6) is 1.12. The quantitative estimate of drug-likeness (QED) is 0.512. The molecule has 1 aliphatic rings. The molecule has 2 atom stereocenters. The first-order valence-electron chi connectivity index (χ1n) is 10.6. The SMILES string of the molecule is Cc1cc(C#N)nn1-c1nc(-n2cnc3ccc(N4CCC[C@H]4N)cc32)ccc1C(C)O. The molecule has 1 unspecified atom stereocenters. The van der Waals surface area contributed by atoms with Gasteiger partial charge in [-0.05, 0) is 63.1 Å². The molecule has 1 saturated heterocycles. The third-order valence-corrected chi connectivity index (χ3v) is 5.95. The van der Waals surface area contributed by atoms with E-state index in [4.69, 9.17) is 10.7 Å². The van der Waals surface area contributed by atoms with E-state index in [1.165, 1.54) is 0 Å². The van der Waals surface area contributed by atoms with Gasteiger partial charge in [-0.2, -0.15) is 10.4 Å². The van der Waals surface area contributed by atoms with Crippen LogP contribution in [0.5, 0.6) is 0 Å². The number of nitrogens with two attached hydrogens (primary N) is 1. The summed E-state index contributed by atoms with van der Waals surface area (Å²) in [6, 6.07) is 13.6. The fourth-order valence-electron chi connectivity index (χ4n) is 4.29. The van der Waals surface area contributed by atoms with Gasteiger partial charge >= 0.3 is 0 Å². The summed E-state index contributed by atoms with van der Waals surface area (Å²) >= 11 is 0. The molecular formula is C23H24N8O. The highest BCUT2D eigenvalue weighted by Gasteiger charge is 2.22. The van der Waals surface area contributed by atoms with Crippen LogP contribution >= 0.6 is 0 Å². The summed E-state index contributed by atoms with van der Waals surface area (Å²) in [5.41, 5.74) is 10.8. The van der Waals surface area contributed by atoms with Crippen molar-refractivity contribution in [1.29, 1.82) is 5.26 Å². The van der Waals surface area contributed by atoms with E-state index in [2.05, 4.69) is 33.2 Å². The molecule has 3 aromatic heterocycles. The summed E-state index contributed by atoms with van der Waals surface area (Å²) in [6.45, 7) is 4.47. The van der Waals surface area contributed by atoms with Crippen molar-refractivity contribution in [3.05, 3.63) is 59.7 Å². The number of nitriles is 1. The number of imidazole rings is 1. The van der Waals surface area contributed by atoms with Crippen molar-refractivity contribution in [2.75, 3.05) is 11.4 Å². The Kier molecular flexibility index (Phi) is 4.89. The molecule has 5 rings (SSSR count). The van der Waals surface area contributed by atoms with Gasteiger partial charge in [-0.1, -0.05) is 0 Å². The molecular weight excluding hydrogens is 404 g/mol. The van der Waals surface area contributed by atoms with Crippen molar-refractivity contribution >= 4 is 16.7 Å². The molecule has 4 aromatic rings. The Morgan fingerprint density at radius 1 is 1.25 bits per heavy atom. The number of aryl methyl sites for hydroxylation is 1. The Bertz CT molecular complexity index is 1350. The number of hydrogen-bond acceptors (Lipinski definition) is 7. The van der Waals surface area contributed by atoms with E-state index in [9.17, 15) is 10.4 Å². The zero-order valence-corrected chi connectivity index (χ0v) is 18.0. The minimum absolute atomic E-state index is 0.0241. The normalized spacial score (nSPS) is 17.1. The molecule has 1 aromatic carbocycles. The number of rotatable bonds is 4. The van der Waals surface area contributed by atoms with Crippen molar-refractivity contribution in [3.63, 3.8) is 0 Å². The van der Waals surface area contributed by atoms with E-state index in [0.717, 1.165) is 41.8 Å². The number of fused-ring (bicyclic) bond motifs is 1. The Balaban J connectivity index is 1.65. The minimum atomic E-state index is -0.747. The Morgan fingerprint density at radius 3 is 2.78 bits per heavy atom. The van der Waals surface area contributed by atoms with Gasteiger partial charge in [-0.25, -0.2) is 14.6 Å². The summed E-state index contributed by atoms with van der Waals surface area (Å²) in [4.78, 5) is 11.6. The number of anilines is 1. The van der Waals surface area contributed by atoms with Crippen molar-refractivity contribution in [3.8, 4) is 17.7 Å². The van der Waals surface area contributed by atoms with Crippen molar-refractivity contribution in [1.82, 2.24) is 24.3 Å². The van der Waals surface area contributed by atoms with Crippen LogP contribution in [0.1, 0.15) is 42.8 Å². The smallest absolute Gasteiger partial charge is 0.163 e. The second-order valence-corrected chi connectivity index (χ2v) is 8.14. The first-order chi connectivity index (χ1) is 15.5. The van der Waals surface area contributed by atoms with Crippen molar-refractivity contribution in [2.24, 2.45) is 5.73 Å². The van der Waals surface area contributed by atoms with Crippen molar-refractivity contribution in [2.45, 2.75) is 39.0 Å². The fourth-order valence-corrected chi connectivity index (χ4v) is 4.29. The second kappa shape index (κ2) is 7.75. The summed E-state index contributed by atoms with van der Waals surface area (Å²) in [7, 11) is 0. The summed E-state index contributed by atoms with van der Waals surface area (Å²) in [6.07, 6.45) is 3.08. The zero-order valence-electron chi connectivity index (χ0n) is 18.0. The van der Waals surface area contributed by atoms with Gasteiger partial charge in [0.15, 0.2) is 11.5 Å². The van der Waals surface area contributed by atoms with Crippen molar-refractivity contribution < 1.29 is 5.11 Å². The van der Waals surface area contributed by atoms with Crippen LogP contribution in [-0.4, -0.2) is 42.1 Å². The number of aliphatic hydroxyl groups is 1. The van der Waals surface area contributed by atoms with E-state index >= 15 is 0 Å². The first-order valence-corrected chi connectivity index (χ1v) is 10.6. The number of hydrogen-bond donors (Lipinski definition) is 2. The predicted molar refractivity (Wildman–Crippen MR) is 121 cm³/mol. The lowest BCUT2D eigenvalue weighted by Gasteiger charge is -2.23. The summed E-state index contributed by atoms with van der Waals surface area (Å²) < 4.78 is 3.51. The second-order valence-electron chi connectivity index (χ2n) is 8.14. The molecule has 1 aliphatic heterocycles. The maximum absolute atomic E-state index is 10.3. The van der Waals surface area contributed by atoms with Crippen LogP contribution < -0.4 is 10.6 Å². The van der Waals surface area contributed by atoms with Crippen LogP contribution in [0.2, 0.25) is 0 Å². The molecule has 9 heteroatoms. The van der Waals surface area contributed by atoms with Gasteiger partial charge in [0.05, 0.1) is 23.3 Å². The van der Waals surface area contributed by atoms with Gasteiger partial charge in [-0.3, -0.25) is 4.57 Å². The standard InChI is InChI=1S/C23H24N8O/c1-14-10-16(12-24)28-31(14)23-18(15(2)32)6-8-22(27-23)30-13-26-19-7-5-17(11-20(19)30)29-9-3-4-21(29)25/h5-8,10-11,13,15,21,32H,3-4,9,25H2,1-2H3/t15?,21-/m0/s1. The van der Waals surface area contributed by atoms with Gasteiger partial charge in [-0.15, -0.1) is 0 Å². The number of aromatic nitrogens is 5. The predicted octanol–water partition coefficient (Wildman–Crippen LogP) is 2.72. The monoisotopic (exact) mass is 428 g/mol. The fraction of sp³-hybridized carbons (Fsp3) is 0.304. The molecule has 162 valence electrons. The molecule has 0 aliphatic carbocycles. The molecule has 0 radical (unpaired) electrons. The van der Waals surface area contributed by atoms with Crippen LogP contribution in [0.25, 0.3) is 22.7 Å². The van der Waals surface area contributed by atoms with E-state index in [0.29, 0.717) is 22.9 Å². The molecule has 32 heavy (non-hydrogen) atoms. The third kappa shape index (κ3) is 3.30. The molecule has 0 bridgehead atoms. The topological polar surface area (TPSA) is 122 Å². The van der Waals surface area contributed by atoms with Crippen LogP contribution in [0, 0.1) is 18.3 Å². The van der Waals surface area contributed by atoms with Gasteiger partial charge in [0.25, 0.3) is 0 Å². The number of nitrogens with zero attached hydrogens (tertiary/aromatic N) is 7. The largest absolute Gasteiger partial charge is 0.389 e. The highest BCUT2D eigenvalue weighted by Crippen LogP contribution is 2.29. The first kappa shape index (κ1) is 20.2. The summed E-state index contributed by atoms with van der Waals surface area (Å²) in [5, 5.41) is 23.9. The van der Waals surface area contributed by atoms with Crippen LogP contribution in [-0.2, 0) is 0 Å². The van der Waals surface area contributed by atoms with E-state index in [1.54, 1.807) is 24.0 Å². The lowest BCUT2D eigenvalue weighted by atomic mass is 10.1. The van der Waals surface area contributed by atoms with E-state index in [-0.39, 0.29) is 6.17 Å². The Morgan fingerprint density at radius 2 is 2.09 bits per heavy atom. The van der Waals surface area contributed by atoms with Gasteiger partial charge in [0, 0.05) is 23.5 Å². The molecule has 4 heterocycles. The number of pyridine rings is 1. The zero-order chi connectivity index (χ0) is 22.4. The number of aliphatic hydroxyl groups excluding tert-OH is 1. The highest BCUT2D eigenvalue weighted by atomic mass is 16.3. The molecule has 0 saturated carbocycles. The van der Waals surface area contributed by atoms with Crippen LogP contribution in [0.4, 0.5) is 5.69 Å². The van der Waals surface area contributed by atoms with Gasteiger partial charge in [0.1, 0.15) is 18.2 Å². The van der Waals surface area contributed by atoms with Crippen LogP contribution in [0.3, 0.4) is 0 Å². The third-order valence-electron chi connectivity index (χ3n) is 5.95. The highest BCUT2D eigenvalue weighted by molar-refractivity contribution is 5.81.